The largest absolute Gasteiger partial charge is 0.399 e. The van der Waals surface area contributed by atoms with Crippen LogP contribution in [-0.2, 0) is 9.47 Å². The summed E-state index contributed by atoms with van der Waals surface area (Å²) in [6.45, 7) is 8.71. The number of anilines is 2. The summed E-state index contributed by atoms with van der Waals surface area (Å²) in [6, 6.07) is 5.45. The van der Waals surface area contributed by atoms with Crippen molar-refractivity contribution in [3.05, 3.63) is 29.5 Å². The van der Waals surface area contributed by atoms with E-state index in [0.29, 0.717) is 29.6 Å². The van der Waals surface area contributed by atoms with Crippen molar-refractivity contribution < 1.29 is 14.3 Å². The van der Waals surface area contributed by atoms with Crippen LogP contribution in [0.3, 0.4) is 0 Å². The normalized spacial score (nSPS) is 16.2. The first-order valence-corrected chi connectivity index (χ1v) is 9.61. The van der Waals surface area contributed by atoms with Crippen LogP contribution in [0.5, 0.6) is 0 Å². The fourth-order valence-electron chi connectivity index (χ4n) is 2.79. The molecular formula is C19H27N3O3S. The molecule has 0 radical (unpaired) electrons. The molecule has 0 spiro atoms. The van der Waals surface area contributed by atoms with E-state index in [1.807, 2.05) is 32.9 Å². The number of ketones is 1. The van der Waals surface area contributed by atoms with Crippen molar-refractivity contribution in [3.63, 3.8) is 0 Å². The summed E-state index contributed by atoms with van der Waals surface area (Å²) in [4.78, 5) is 17.7. The second-order valence-electron chi connectivity index (χ2n) is 6.02. The predicted octanol–water partition coefficient (Wildman–Crippen LogP) is 3.54. The number of nitrogens with two attached hydrogens (primary N) is 2. The Morgan fingerprint density at radius 3 is 2.54 bits per heavy atom. The molecule has 3 rings (SSSR count). The minimum atomic E-state index is -0.0627. The molecule has 0 unspecified atom stereocenters. The zero-order chi connectivity index (χ0) is 19.1. The van der Waals surface area contributed by atoms with Crippen LogP contribution in [0, 0.1) is 12.8 Å². The maximum absolute atomic E-state index is 12.5. The number of benzene rings is 1. The van der Waals surface area contributed by atoms with Gasteiger partial charge in [0.25, 0.3) is 0 Å². The van der Waals surface area contributed by atoms with Gasteiger partial charge in [0, 0.05) is 37.0 Å². The molecule has 142 valence electrons. The van der Waals surface area contributed by atoms with Gasteiger partial charge in [-0.15, -0.1) is 0 Å². The van der Waals surface area contributed by atoms with Gasteiger partial charge in [0.15, 0.2) is 10.9 Å². The van der Waals surface area contributed by atoms with Crippen LogP contribution in [0.15, 0.2) is 18.2 Å². The number of aromatic nitrogens is 1. The van der Waals surface area contributed by atoms with Gasteiger partial charge >= 0.3 is 0 Å². The Hall–Kier alpha value is -1.96. The van der Waals surface area contributed by atoms with Crippen LogP contribution < -0.4 is 11.5 Å². The van der Waals surface area contributed by atoms with Gasteiger partial charge in [-0.1, -0.05) is 11.3 Å². The van der Waals surface area contributed by atoms with Crippen molar-refractivity contribution >= 4 is 27.9 Å². The Balaban J connectivity index is 0.000000431. The first-order valence-electron chi connectivity index (χ1n) is 8.79. The number of carbonyl (C=O) groups excluding carboxylic acids is 1. The molecule has 0 amide bonds. The third kappa shape index (κ3) is 5.27. The molecule has 0 aliphatic carbocycles. The average molecular weight is 378 g/mol. The zero-order valence-corrected chi connectivity index (χ0v) is 16.4. The Kier molecular flexibility index (Phi) is 7.56. The van der Waals surface area contributed by atoms with Gasteiger partial charge in [-0.2, -0.15) is 0 Å². The lowest BCUT2D eigenvalue weighted by Gasteiger charge is -2.09. The lowest BCUT2D eigenvalue weighted by Crippen LogP contribution is -2.14. The third-order valence-electron chi connectivity index (χ3n) is 4.02. The molecule has 2 heterocycles. The highest BCUT2D eigenvalue weighted by Crippen LogP contribution is 2.33. The van der Waals surface area contributed by atoms with Crippen LogP contribution in [0.4, 0.5) is 10.8 Å². The van der Waals surface area contributed by atoms with E-state index in [1.165, 1.54) is 11.3 Å². The lowest BCUT2D eigenvalue weighted by atomic mass is 9.95. The summed E-state index contributed by atoms with van der Waals surface area (Å²) >= 11 is 1.40. The van der Waals surface area contributed by atoms with E-state index in [4.69, 9.17) is 20.9 Å². The zero-order valence-electron chi connectivity index (χ0n) is 15.6. The van der Waals surface area contributed by atoms with Crippen molar-refractivity contribution in [1.29, 1.82) is 0 Å². The topological polar surface area (TPSA) is 100 Å². The maximum atomic E-state index is 12.5. The van der Waals surface area contributed by atoms with Crippen molar-refractivity contribution in [3.8, 4) is 10.4 Å². The van der Waals surface area contributed by atoms with Crippen LogP contribution in [0.1, 0.15) is 36.3 Å². The highest BCUT2D eigenvalue weighted by Gasteiger charge is 2.25. The summed E-state index contributed by atoms with van der Waals surface area (Å²) in [7, 11) is 0. The summed E-state index contributed by atoms with van der Waals surface area (Å²) < 4.78 is 10.1. The molecule has 26 heavy (non-hydrogen) atoms. The Labute approximate surface area is 158 Å². The molecule has 6 nitrogen and oxygen atoms in total. The smallest absolute Gasteiger partial charge is 0.180 e. The molecule has 1 saturated heterocycles. The maximum Gasteiger partial charge on any atom is 0.180 e. The molecule has 1 atom stereocenters. The second kappa shape index (κ2) is 9.66. The van der Waals surface area contributed by atoms with Crippen LogP contribution >= 0.6 is 11.3 Å². The standard InChI is InChI=1S/C15H17N3O2S.C4H10O/c1-8-14(21-15(17)18-8)11-4-10(5-12(16)6-11)13(19)9-2-3-20-7-9;1-3-5-4-2/h4-6,9H,2-3,7,16H2,1H3,(H2,17,18);3-4H2,1-2H3/t9-;/m1./s1. The van der Waals surface area contributed by atoms with E-state index in [1.54, 1.807) is 6.07 Å². The van der Waals surface area contributed by atoms with E-state index in [0.717, 1.165) is 35.8 Å². The van der Waals surface area contributed by atoms with E-state index >= 15 is 0 Å². The molecule has 1 aromatic carbocycles. The molecule has 1 aliphatic heterocycles. The number of hydrogen-bond donors (Lipinski definition) is 2. The fraction of sp³-hybridized carbons (Fsp3) is 0.474. The molecule has 1 aliphatic rings. The Morgan fingerprint density at radius 2 is 2.04 bits per heavy atom. The van der Waals surface area contributed by atoms with Gasteiger partial charge in [0.05, 0.1) is 17.2 Å². The quantitative estimate of drug-likeness (QED) is 0.610. The number of aryl methyl sites for hydroxylation is 1. The molecule has 1 aromatic heterocycles. The van der Waals surface area contributed by atoms with Gasteiger partial charge in [-0.25, -0.2) is 4.98 Å². The van der Waals surface area contributed by atoms with Gasteiger partial charge in [0.2, 0.25) is 0 Å². The monoisotopic (exact) mass is 377 g/mol. The van der Waals surface area contributed by atoms with Crippen molar-refractivity contribution in [2.45, 2.75) is 27.2 Å². The van der Waals surface area contributed by atoms with Gasteiger partial charge in [-0.05, 0) is 51.0 Å². The first-order chi connectivity index (χ1) is 12.5. The molecule has 0 bridgehead atoms. The van der Waals surface area contributed by atoms with Crippen LogP contribution in [0.25, 0.3) is 10.4 Å². The number of Topliss-reactive ketones (excluding diaryl/α,β-unsaturated/α-hetero) is 1. The summed E-state index contributed by atoms with van der Waals surface area (Å²) in [5, 5.41) is 0.516. The summed E-state index contributed by atoms with van der Waals surface area (Å²) in [5.74, 6) is 0.0310. The molecule has 7 heteroatoms. The van der Waals surface area contributed by atoms with Gasteiger partial charge in [0.1, 0.15) is 0 Å². The van der Waals surface area contributed by atoms with Crippen LogP contribution in [-0.4, -0.2) is 37.2 Å². The molecular weight excluding hydrogens is 350 g/mol. The number of hydrogen-bond acceptors (Lipinski definition) is 7. The van der Waals surface area contributed by atoms with Gasteiger partial charge < -0.3 is 20.9 Å². The fourth-order valence-corrected chi connectivity index (χ4v) is 3.61. The average Bonchev–Trinajstić information content (AvgIpc) is 3.24. The molecule has 4 N–H and O–H groups in total. The van der Waals surface area contributed by atoms with Crippen LogP contribution in [0.2, 0.25) is 0 Å². The SMILES string of the molecule is CCOCC.Cc1nc(N)sc1-c1cc(N)cc(C(=O)[C@@H]2CCOC2)c1. The Bertz CT molecular complexity index is 738. The number of nitrogens with zero attached hydrogens (tertiary/aromatic N) is 1. The van der Waals surface area contributed by atoms with Crippen molar-refractivity contribution in [2.24, 2.45) is 5.92 Å². The number of carbonyl (C=O) groups is 1. The number of nitrogen functional groups attached to an aromatic ring is 2. The Morgan fingerprint density at radius 1 is 1.31 bits per heavy atom. The van der Waals surface area contributed by atoms with E-state index in [2.05, 4.69) is 4.98 Å². The van der Waals surface area contributed by atoms with E-state index in [-0.39, 0.29) is 11.7 Å². The van der Waals surface area contributed by atoms with Gasteiger partial charge in [-0.3, -0.25) is 4.79 Å². The highest BCUT2D eigenvalue weighted by atomic mass is 32.1. The molecule has 2 aromatic rings. The summed E-state index contributed by atoms with van der Waals surface area (Å²) in [6.07, 6.45) is 0.773. The van der Waals surface area contributed by atoms with E-state index in [9.17, 15) is 4.79 Å². The van der Waals surface area contributed by atoms with E-state index < -0.39 is 0 Å². The number of thiazole rings is 1. The molecule has 0 saturated carbocycles. The third-order valence-corrected chi connectivity index (χ3v) is 5.06. The minimum Gasteiger partial charge on any atom is -0.399 e. The summed E-state index contributed by atoms with van der Waals surface area (Å²) in [5.41, 5.74) is 14.7. The number of rotatable bonds is 5. The molecule has 1 fully saturated rings. The predicted molar refractivity (Wildman–Crippen MR) is 107 cm³/mol. The van der Waals surface area contributed by atoms with Crippen molar-refractivity contribution in [1.82, 2.24) is 4.98 Å². The number of ether oxygens (including phenoxy) is 2. The van der Waals surface area contributed by atoms with Crippen molar-refractivity contribution in [2.75, 3.05) is 37.9 Å². The minimum absolute atomic E-state index is 0.0627. The first kappa shape index (κ1) is 20.4. The second-order valence-corrected chi connectivity index (χ2v) is 7.05. The lowest BCUT2D eigenvalue weighted by molar-refractivity contribution is 0.0900. The highest BCUT2D eigenvalue weighted by molar-refractivity contribution is 7.18.